The highest BCUT2D eigenvalue weighted by atomic mass is 16.4. The predicted molar refractivity (Wildman–Crippen MR) is 63.4 cm³/mol. The van der Waals surface area contributed by atoms with Gasteiger partial charge in [0.2, 0.25) is 0 Å². The normalized spacial score (nSPS) is 12.8. The largest absolute Gasteiger partial charge is 0.481 e. The van der Waals surface area contributed by atoms with E-state index in [1.165, 1.54) is 0 Å². The van der Waals surface area contributed by atoms with Gasteiger partial charge in [-0.2, -0.15) is 0 Å². The van der Waals surface area contributed by atoms with Crippen LogP contribution in [0.25, 0.3) is 0 Å². The molecule has 0 aromatic rings. The van der Waals surface area contributed by atoms with Gasteiger partial charge in [-0.3, -0.25) is 9.59 Å². The van der Waals surface area contributed by atoms with Gasteiger partial charge < -0.3 is 10.0 Å². The van der Waals surface area contributed by atoms with Crippen LogP contribution in [0.4, 0.5) is 0 Å². The molecular formula is C12H23NO3. The molecule has 4 nitrogen and oxygen atoms in total. The van der Waals surface area contributed by atoms with Crippen LogP contribution >= 0.6 is 0 Å². The van der Waals surface area contributed by atoms with Crippen molar-refractivity contribution in [1.29, 1.82) is 0 Å². The average molecular weight is 229 g/mol. The lowest BCUT2D eigenvalue weighted by atomic mass is 10.1. The number of carbonyl (C=O) groups excluding carboxylic acids is 1. The Morgan fingerprint density at radius 1 is 1.25 bits per heavy atom. The van der Waals surface area contributed by atoms with Gasteiger partial charge in [-0.05, 0) is 12.8 Å². The number of carboxylic acid groups (broad SMARTS) is 1. The third kappa shape index (κ3) is 8.41. The molecule has 0 aromatic carbocycles. The fraction of sp³-hybridized carbons (Fsp3) is 0.833. The number of Topliss-reactive ketones (excluding diaryl/α,β-unsaturated/α-hetero) is 1. The smallest absolute Gasteiger partial charge is 0.304 e. The Morgan fingerprint density at radius 2 is 1.81 bits per heavy atom. The quantitative estimate of drug-likeness (QED) is 0.655. The van der Waals surface area contributed by atoms with Crippen molar-refractivity contribution in [1.82, 2.24) is 4.90 Å². The van der Waals surface area contributed by atoms with Crippen molar-refractivity contribution >= 4 is 11.8 Å². The van der Waals surface area contributed by atoms with Gasteiger partial charge in [0.25, 0.3) is 0 Å². The van der Waals surface area contributed by atoms with E-state index in [9.17, 15) is 9.59 Å². The molecule has 1 atom stereocenters. The zero-order valence-electron chi connectivity index (χ0n) is 10.5. The van der Waals surface area contributed by atoms with Crippen LogP contribution in [0.15, 0.2) is 0 Å². The molecule has 0 aliphatic heterocycles. The van der Waals surface area contributed by atoms with E-state index in [2.05, 4.69) is 18.7 Å². The molecule has 0 aliphatic rings. The van der Waals surface area contributed by atoms with Gasteiger partial charge in [-0.1, -0.05) is 20.3 Å². The second-order valence-corrected chi connectivity index (χ2v) is 4.41. The molecular weight excluding hydrogens is 206 g/mol. The summed E-state index contributed by atoms with van der Waals surface area (Å²) in [5, 5.41) is 8.64. The van der Waals surface area contributed by atoms with Crippen molar-refractivity contribution in [2.75, 3.05) is 19.6 Å². The summed E-state index contributed by atoms with van der Waals surface area (Å²) in [6.45, 7) is 7.90. The lowest BCUT2D eigenvalue weighted by Crippen LogP contribution is -2.32. The summed E-state index contributed by atoms with van der Waals surface area (Å²) in [5.74, 6) is -0.0813. The Kier molecular flexibility index (Phi) is 7.81. The highest BCUT2D eigenvalue weighted by molar-refractivity contribution is 5.75. The first-order valence-electron chi connectivity index (χ1n) is 5.89. The van der Waals surface area contributed by atoms with Crippen molar-refractivity contribution < 1.29 is 14.7 Å². The number of rotatable bonds is 9. The molecule has 1 unspecified atom stereocenters. The van der Waals surface area contributed by atoms with Crippen LogP contribution in [-0.2, 0) is 9.59 Å². The van der Waals surface area contributed by atoms with Crippen molar-refractivity contribution in [2.45, 2.75) is 40.0 Å². The topological polar surface area (TPSA) is 57.6 Å². The van der Waals surface area contributed by atoms with E-state index in [0.717, 1.165) is 13.0 Å². The molecule has 0 bridgehead atoms. The summed E-state index contributed by atoms with van der Waals surface area (Å²) in [6, 6.07) is 0. The van der Waals surface area contributed by atoms with Crippen LogP contribution in [0.1, 0.15) is 40.0 Å². The molecule has 16 heavy (non-hydrogen) atoms. The number of carboxylic acids is 1. The number of carbonyl (C=O) groups is 2. The highest BCUT2D eigenvalue weighted by Gasteiger charge is 2.11. The maximum absolute atomic E-state index is 10.9. The van der Waals surface area contributed by atoms with Crippen LogP contribution in [-0.4, -0.2) is 41.4 Å². The van der Waals surface area contributed by atoms with Crippen LogP contribution < -0.4 is 0 Å². The van der Waals surface area contributed by atoms with E-state index in [-0.39, 0.29) is 12.2 Å². The predicted octanol–water partition coefficient (Wildman–Crippen LogP) is 1.79. The zero-order valence-corrected chi connectivity index (χ0v) is 10.5. The van der Waals surface area contributed by atoms with E-state index in [1.807, 2.05) is 0 Å². The van der Waals surface area contributed by atoms with Crippen molar-refractivity contribution in [3.8, 4) is 0 Å². The molecule has 0 aromatic heterocycles. The van der Waals surface area contributed by atoms with Crippen molar-refractivity contribution in [3.63, 3.8) is 0 Å². The summed E-state index contributed by atoms with van der Waals surface area (Å²) < 4.78 is 0. The Bertz CT molecular complexity index is 210. The molecule has 0 radical (unpaired) electrons. The molecule has 0 heterocycles. The molecule has 0 saturated heterocycles. The van der Waals surface area contributed by atoms with Gasteiger partial charge in [0.05, 0.1) is 6.42 Å². The van der Waals surface area contributed by atoms with Crippen molar-refractivity contribution in [3.05, 3.63) is 0 Å². The minimum Gasteiger partial charge on any atom is -0.481 e. The van der Waals surface area contributed by atoms with Crippen LogP contribution in [0.3, 0.4) is 0 Å². The van der Waals surface area contributed by atoms with Gasteiger partial charge in [-0.15, -0.1) is 0 Å². The molecule has 0 saturated carbocycles. The Labute approximate surface area is 97.6 Å². The lowest BCUT2D eigenvalue weighted by molar-refractivity contribution is -0.137. The third-order valence-corrected chi connectivity index (χ3v) is 2.69. The maximum Gasteiger partial charge on any atom is 0.304 e. The number of nitrogens with zero attached hydrogens (tertiary/aromatic N) is 1. The van der Waals surface area contributed by atoms with Gasteiger partial charge in [0.15, 0.2) is 0 Å². The second kappa shape index (κ2) is 8.28. The Balaban J connectivity index is 4.04. The Hall–Kier alpha value is -0.900. The summed E-state index contributed by atoms with van der Waals surface area (Å²) in [5.41, 5.74) is 0. The molecule has 1 N–H and O–H groups in total. The molecule has 0 rings (SSSR count). The molecule has 4 heteroatoms. The van der Waals surface area contributed by atoms with Gasteiger partial charge >= 0.3 is 5.97 Å². The van der Waals surface area contributed by atoms with E-state index in [4.69, 9.17) is 5.11 Å². The van der Waals surface area contributed by atoms with Crippen LogP contribution in [0, 0.1) is 5.92 Å². The molecule has 94 valence electrons. The first kappa shape index (κ1) is 15.1. The highest BCUT2D eigenvalue weighted by Crippen LogP contribution is 2.06. The van der Waals surface area contributed by atoms with E-state index >= 15 is 0 Å². The third-order valence-electron chi connectivity index (χ3n) is 2.69. The van der Waals surface area contributed by atoms with E-state index in [0.29, 0.717) is 25.4 Å². The number of hydrogen-bond donors (Lipinski definition) is 1. The van der Waals surface area contributed by atoms with E-state index in [1.54, 1.807) is 6.92 Å². The van der Waals surface area contributed by atoms with E-state index < -0.39 is 5.97 Å². The first-order valence-corrected chi connectivity index (χ1v) is 5.89. The second-order valence-electron chi connectivity index (χ2n) is 4.41. The number of hydrogen-bond acceptors (Lipinski definition) is 3. The average Bonchev–Trinajstić information content (AvgIpc) is 2.21. The maximum atomic E-state index is 10.9. The zero-order chi connectivity index (χ0) is 12.6. The summed E-state index contributed by atoms with van der Waals surface area (Å²) in [4.78, 5) is 23.5. The lowest BCUT2D eigenvalue weighted by Gasteiger charge is -2.24. The van der Waals surface area contributed by atoms with Gasteiger partial charge in [-0.25, -0.2) is 0 Å². The molecule has 0 amide bonds. The van der Waals surface area contributed by atoms with Gasteiger partial charge in [0, 0.05) is 26.1 Å². The van der Waals surface area contributed by atoms with Gasteiger partial charge in [0.1, 0.15) is 5.78 Å². The summed E-state index contributed by atoms with van der Waals surface area (Å²) >= 11 is 0. The SMILES string of the molecule is CCC(C)CN(CCC(C)=O)CCC(=O)O. The monoisotopic (exact) mass is 229 g/mol. The number of aliphatic carboxylic acids is 1. The fourth-order valence-electron chi connectivity index (χ4n) is 1.43. The molecule has 0 fully saturated rings. The fourth-order valence-corrected chi connectivity index (χ4v) is 1.43. The minimum atomic E-state index is -0.781. The molecule has 0 aliphatic carbocycles. The standard InChI is InChI=1S/C12H23NO3/c1-4-10(2)9-13(7-5-11(3)14)8-6-12(15)16/h10H,4-9H2,1-3H3,(H,15,16). The van der Waals surface area contributed by atoms with Crippen molar-refractivity contribution in [2.24, 2.45) is 5.92 Å². The Morgan fingerprint density at radius 3 is 2.25 bits per heavy atom. The summed E-state index contributed by atoms with van der Waals surface area (Å²) in [7, 11) is 0. The summed E-state index contributed by atoms with van der Waals surface area (Å²) in [6.07, 6.45) is 1.73. The molecule has 0 spiro atoms. The first-order chi connectivity index (χ1) is 7.45. The van der Waals surface area contributed by atoms with Crippen LogP contribution in [0.5, 0.6) is 0 Å². The van der Waals surface area contributed by atoms with Crippen LogP contribution in [0.2, 0.25) is 0 Å². The minimum absolute atomic E-state index is 0.147. The number of ketones is 1.